The van der Waals surface area contributed by atoms with Gasteiger partial charge < -0.3 is 0 Å². The zero-order chi connectivity index (χ0) is 16.1. The zero-order valence-electron chi connectivity index (χ0n) is 12.1. The first-order valence-corrected chi connectivity index (χ1v) is 7.78. The molecule has 5 heteroatoms. The molecule has 0 bridgehead atoms. The summed E-state index contributed by atoms with van der Waals surface area (Å²) in [5, 5.41) is 3.26. The van der Waals surface area contributed by atoms with Crippen molar-refractivity contribution in [3.8, 4) is 10.4 Å². The smallest absolute Gasteiger partial charge is 0.250 e. The van der Waals surface area contributed by atoms with Crippen molar-refractivity contribution in [1.29, 1.82) is 0 Å². The Labute approximate surface area is 137 Å². The number of anilines is 1. The van der Waals surface area contributed by atoms with E-state index in [4.69, 9.17) is 0 Å². The number of carbonyl (C=O) groups excluding carboxylic acids is 1. The summed E-state index contributed by atoms with van der Waals surface area (Å²) in [5.41, 5.74) is 1.82. The maximum absolute atomic E-state index is 12.8. The average Bonchev–Trinajstić information content (AvgIpc) is 3.04. The number of carbonyl (C=O) groups is 1. The number of amides is 1. The van der Waals surface area contributed by atoms with Crippen molar-refractivity contribution in [3.05, 3.63) is 78.3 Å². The van der Waals surface area contributed by atoms with Gasteiger partial charge in [0.15, 0.2) is 5.13 Å². The van der Waals surface area contributed by atoms with E-state index < -0.39 is 0 Å². The molecule has 1 amide bonds. The molecule has 0 fully saturated rings. The molecule has 114 valence electrons. The fourth-order valence-corrected chi connectivity index (χ4v) is 2.79. The van der Waals surface area contributed by atoms with E-state index in [0.29, 0.717) is 5.13 Å². The Kier molecular flexibility index (Phi) is 4.59. The quantitative estimate of drug-likeness (QED) is 0.713. The van der Waals surface area contributed by atoms with E-state index in [9.17, 15) is 9.18 Å². The van der Waals surface area contributed by atoms with Crippen molar-refractivity contribution in [2.24, 2.45) is 0 Å². The SMILES string of the molecule is O=C(/C=C/c1ccc(F)cc1)Nc1ncc(-c2ccccc2)s1. The van der Waals surface area contributed by atoms with Crippen molar-refractivity contribution in [3.63, 3.8) is 0 Å². The second-order valence-corrected chi connectivity index (χ2v) is 5.80. The number of hydrogen-bond donors (Lipinski definition) is 1. The van der Waals surface area contributed by atoms with Crippen LogP contribution in [0.25, 0.3) is 16.5 Å². The average molecular weight is 324 g/mol. The summed E-state index contributed by atoms with van der Waals surface area (Å²) < 4.78 is 12.8. The summed E-state index contributed by atoms with van der Waals surface area (Å²) in [7, 11) is 0. The Hall–Kier alpha value is -2.79. The topological polar surface area (TPSA) is 42.0 Å². The highest BCUT2D eigenvalue weighted by Crippen LogP contribution is 2.28. The van der Waals surface area contributed by atoms with Crippen LogP contribution in [0.4, 0.5) is 9.52 Å². The molecular formula is C18H13FN2OS. The predicted octanol–water partition coefficient (Wildman–Crippen LogP) is 4.60. The van der Waals surface area contributed by atoms with Gasteiger partial charge in [-0.15, -0.1) is 0 Å². The van der Waals surface area contributed by atoms with E-state index in [0.717, 1.165) is 16.0 Å². The number of halogens is 1. The van der Waals surface area contributed by atoms with Crippen LogP contribution in [0.5, 0.6) is 0 Å². The van der Waals surface area contributed by atoms with Crippen LogP contribution >= 0.6 is 11.3 Å². The third-order valence-electron chi connectivity index (χ3n) is 3.09. The second kappa shape index (κ2) is 6.98. The first kappa shape index (κ1) is 15.1. The Morgan fingerprint density at radius 2 is 1.83 bits per heavy atom. The molecule has 1 N–H and O–H groups in total. The highest BCUT2D eigenvalue weighted by atomic mass is 32.1. The number of nitrogens with one attached hydrogen (secondary N) is 1. The molecule has 0 aliphatic carbocycles. The van der Waals surface area contributed by atoms with Gasteiger partial charge in [-0.1, -0.05) is 53.8 Å². The van der Waals surface area contributed by atoms with Gasteiger partial charge in [0.25, 0.3) is 0 Å². The molecule has 2 aromatic carbocycles. The van der Waals surface area contributed by atoms with Crippen LogP contribution in [-0.4, -0.2) is 10.9 Å². The molecule has 3 nitrogen and oxygen atoms in total. The normalized spacial score (nSPS) is 10.8. The van der Waals surface area contributed by atoms with Crippen LogP contribution in [0, 0.1) is 5.82 Å². The van der Waals surface area contributed by atoms with E-state index in [1.807, 2.05) is 30.3 Å². The number of benzene rings is 2. The molecule has 0 spiro atoms. The Morgan fingerprint density at radius 3 is 2.57 bits per heavy atom. The molecule has 0 aliphatic rings. The first-order chi connectivity index (χ1) is 11.2. The van der Waals surface area contributed by atoms with E-state index >= 15 is 0 Å². The van der Waals surface area contributed by atoms with E-state index in [-0.39, 0.29) is 11.7 Å². The fraction of sp³-hybridized carbons (Fsp3) is 0. The molecule has 1 heterocycles. The highest BCUT2D eigenvalue weighted by molar-refractivity contribution is 7.19. The third kappa shape index (κ3) is 4.11. The van der Waals surface area contributed by atoms with E-state index in [2.05, 4.69) is 10.3 Å². The number of thiazole rings is 1. The molecule has 0 unspecified atom stereocenters. The summed E-state index contributed by atoms with van der Waals surface area (Å²) in [6.07, 6.45) is 4.76. The van der Waals surface area contributed by atoms with Crippen molar-refractivity contribution >= 4 is 28.5 Å². The summed E-state index contributed by atoms with van der Waals surface area (Å²) in [6.45, 7) is 0. The van der Waals surface area contributed by atoms with E-state index in [1.165, 1.54) is 29.5 Å². The Balaban J connectivity index is 1.64. The lowest BCUT2D eigenvalue weighted by Gasteiger charge is -1.97. The van der Waals surface area contributed by atoms with Gasteiger partial charge in [0.05, 0.1) is 4.88 Å². The minimum atomic E-state index is -0.303. The maximum atomic E-state index is 12.8. The molecule has 3 rings (SSSR count). The van der Waals surface area contributed by atoms with Crippen molar-refractivity contribution in [2.45, 2.75) is 0 Å². The lowest BCUT2D eigenvalue weighted by Crippen LogP contribution is -2.06. The van der Waals surface area contributed by atoms with Crippen molar-refractivity contribution < 1.29 is 9.18 Å². The molecular weight excluding hydrogens is 311 g/mol. The minimum Gasteiger partial charge on any atom is -0.298 e. The standard InChI is InChI=1S/C18H13FN2OS/c19-15-9-6-13(7-10-15)8-11-17(22)21-18-20-12-16(23-18)14-4-2-1-3-5-14/h1-12H,(H,20,21,22)/b11-8+. The minimum absolute atomic E-state index is 0.275. The third-order valence-corrected chi connectivity index (χ3v) is 4.05. The van der Waals surface area contributed by atoms with Crippen molar-refractivity contribution in [2.75, 3.05) is 5.32 Å². The number of nitrogens with zero attached hydrogens (tertiary/aromatic N) is 1. The van der Waals surface area contributed by atoms with Crippen LogP contribution in [0.1, 0.15) is 5.56 Å². The predicted molar refractivity (Wildman–Crippen MR) is 91.6 cm³/mol. The molecule has 0 radical (unpaired) electrons. The van der Waals surface area contributed by atoms with E-state index in [1.54, 1.807) is 24.4 Å². The van der Waals surface area contributed by atoms with Crippen LogP contribution in [0.15, 0.2) is 66.9 Å². The summed E-state index contributed by atoms with van der Waals surface area (Å²) >= 11 is 1.41. The maximum Gasteiger partial charge on any atom is 0.250 e. The molecule has 0 aliphatic heterocycles. The molecule has 1 aromatic heterocycles. The summed E-state index contributed by atoms with van der Waals surface area (Å²) in [6, 6.07) is 15.8. The summed E-state index contributed by atoms with van der Waals surface area (Å²) in [4.78, 5) is 17.1. The molecule has 3 aromatic rings. The monoisotopic (exact) mass is 324 g/mol. The first-order valence-electron chi connectivity index (χ1n) is 6.96. The molecule has 0 saturated carbocycles. The van der Waals surface area contributed by atoms with Gasteiger partial charge in [-0.2, -0.15) is 0 Å². The number of hydrogen-bond acceptors (Lipinski definition) is 3. The fourth-order valence-electron chi connectivity index (χ4n) is 1.96. The van der Waals surface area contributed by atoms with Gasteiger partial charge in [0.1, 0.15) is 5.82 Å². The van der Waals surface area contributed by atoms with Crippen molar-refractivity contribution in [1.82, 2.24) is 4.98 Å². The zero-order valence-corrected chi connectivity index (χ0v) is 12.9. The number of aromatic nitrogens is 1. The van der Waals surface area contributed by atoms with Gasteiger partial charge >= 0.3 is 0 Å². The lowest BCUT2D eigenvalue weighted by molar-refractivity contribution is -0.111. The summed E-state index contributed by atoms with van der Waals surface area (Å²) in [5.74, 6) is -0.578. The lowest BCUT2D eigenvalue weighted by atomic mass is 10.2. The van der Waals surface area contributed by atoms with Gasteiger partial charge in [-0.3, -0.25) is 10.1 Å². The van der Waals surface area contributed by atoms with Gasteiger partial charge in [-0.25, -0.2) is 9.37 Å². The molecule has 23 heavy (non-hydrogen) atoms. The molecule has 0 atom stereocenters. The Bertz CT molecular complexity index is 826. The van der Waals surface area contributed by atoms with Crippen LogP contribution in [0.2, 0.25) is 0 Å². The van der Waals surface area contributed by atoms with Crippen LogP contribution in [-0.2, 0) is 4.79 Å². The van der Waals surface area contributed by atoms with Crippen LogP contribution < -0.4 is 5.32 Å². The Morgan fingerprint density at radius 1 is 1.09 bits per heavy atom. The highest BCUT2D eigenvalue weighted by Gasteiger charge is 2.05. The van der Waals surface area contributed by atoms with Gasteiger partial charge in [0, 0.05) is 12.3 Å². The van der Waals surface area contributed by atoms with Crippen LogP contribution in [0.3, 0.4) is 0 Å². The number of rotatable bonds is 4. The largest absolute Gasteiger partial charge is 0.298 e. The van der Waals surface area contributed by atoms with Gasteiger partial charge in [0.2, 0.25) is 5.91 Å². The second-order valence-electron chi connectivity index (χ2n) is 4.77. The molecule has 0 saturated heterocycles. The van der Waals surface area contributed by atoms with Gasteiger partial charge in [-0.05, 0) is 29.3 Å².